The number of nitrogens with one attached hydrogen (secondary N) is 2. The van der Waals surface area contributed by atoms with Crippen LogP contribution in [0.25, 0.3) is 0 Å². The van der Waals surface area contributed by atoms with Crippen molar-refractivity contribution in [2.24, 2.45) is 0 Å². The topological polar surface area (TPSA) is 41.1 Å². The van der Waals surface area contributed by atoms with E-state index in [0.29, 0.717) is 0 Å². The predicted molar refractivity (Wildman–Crippen MR) is 180 cm³/mol. The second-order valence-electron chi connectivity index (χ2n) is 11.4. The largest absolute Gasteiger partial charge is 0.338 e. The molecular formula is C37H68N2O. The van der Waals surface area contributed by atoms with E-state index in [-0.39, 0.29) is 6.03 Å². The van der Waals surface area contributed by atoms with Crippen molar-refractivity contribution in [3.63, 3.8) is 0 Å². The maximum atomic E-state index is 11.9. The first-order valence-electron chi connectivity index (χ1n) is 17.4. The molecule has 40 heavy (non-hydrogen) atoms. The highest BCUT2D eigenvalue weighted by Crippen LogP contribution is 2.09. The van der Waals surface area contributed by atoms with Crippen LogP contribution in [0.5, 0.6) is 0 Å². The molecule has 0 rings (SSSR count). The lowest BCUT2D eigenvalue weighted by Crippen LogP contribution is -2.36. The van der Waals surface area contributed by atoms with E-state index in [2.05, 4.69) is 73.1 Å². The monoisotopic (exact) mass is 557 g/mol. The Kier molecular flexibility index (Phi) is 33.7. The highest BCUT2D eigenvalue weighted by Gasteiger charge is 1.99. The van der Waals surface area contributed by atoms with Crippen LogP contribution in [0.4, 0.5) is 4.79 Å². The fourth-order valence-electron chi connectivity index (χ4n) is 4.69. The number of carbonyl (C=O) groups is 1. The Morgan fingerprint density at radius 1 is 0.400 bits per heavy atom. The first-order chi connectivity index (χ1) is 19.8. The van der Waals surface area contributed by atoms with Gasteiger partial charge in [0.25, 0.3) is 0 Å². The van der Waals surface area contributed by atoms with Crippen LogP contribution in [0.2, 0.25) is 0 Å². The zero-order valence-corrected chi connectivity index (χ0v) is 26.9. The van der Waals surface area contributed by atoms with E-state index in [1.54, 1.807) is 0 Å². The standard InChI is InChI=1S/C37H68N2O/c1-3-5-7-9-11-13-15-17-19-21-23-25-27-29-31-33-35-38-37(40)39-36-34-32-30-28-26-24-22-20-18-16-14-12-10-8-6-4-2/h11-14,17-20H,3-10,15-16,21-36H2,1-2H3,(H2,38,39,40)/b13-11-,14-12-,19-17-,20-18-. The molecule has 0 radical (unpaired) electrons. The normalized spacial score (nSPS) is 12.1. The van der Waals surface area contributed by atoms with E-state index >= 15 is 0 Å². The lowest BCUT2D eigenvalue weighted by molar-refractivity contribution is 0.240. The van der Waals surface area contributed by atoms with Gasteiger partial charge in [-0.1, -0.05) is 140 Å². The zero-order valence-electron chi connectivity index (χ0n) is 26.9. The van der Waals surface area contributed by atoms with E-state index in [4.69, 9.17) is 0 Å². The van der Waals surface area contributed by atoms with Crippen LogP contribution < -0.4 is 10.6 Å². The van der Waals surface area contributed by atoms with Gasteiger partial charge < -0.3 is 10.6 Å². The molecule has 0 atom stereocenters. The quantitative estimate of drug-likeness (QED) is 0.0670. The molecule has 2 amide bonds. The molecule has 0 heterocycles. The molecule has 0 aromatic carbocycles. The first-order valence-corrected chi connectivity index (χ1v) is 17.4. The number of urea groups is 1. The van der Waals surface area contributed by atoms with Crippen molar-refractivity contribution in [2.45, 2.75) is 168 Å². The summed E-state index contributed by atoms with van der Waals surface area (Å²) in [6.45, 7) is 6.10. The fourth-order valence-corrected chi connectivity index (χ4v) is 4.69. The summed E-state index contributed by atoms with van der Waals surface area (Å²) in [4.78, 5) is 11.9. The van der Waals surface area contributed by atoms with Gasteiger partial charge >= 0.3 is 6.03 Å². The van der Waals surface area contributed by atoms with Gasteiger partial charge in [0.1, 0.15) is 0 Å². The van der Waals surface area contributed by atoms with E-state index in [1.165, 1.54) is 128 Å². The van der Waals surface area contributed by atoms with Crippen molar-refractivity contribution in [1.82, 2.24) is 10.6 Å². The zero-order chi connectivity index (χ0) is 29.0. The van der Waals surface area contributed by atoms with Gasteiger partial charge in [0.2, 0.25) is 0 Å². The Labute approximate surface area is 250 Å². The van der Waals surface area contributed by atoms with Crippen molar-refractivity contribution in [2.75, 3.05) is 13.1 Å². The van der Waals surface area contributed by atoms with Crippen LogP contribution in [0, 0.1) is 0 Å². The number of carbonyl (C=O) groups excluding carboxylic acids is 1. The van der Waals surface area contributed by atoms with Crippen molar-refractivity contribution < 1.29 is 4.79 Å². The molecular weight excluding hydrogens is 488 g/mol. The lowest BCUT2D eigenvalue weighted by atomic mass is 10.1. The van der Waals surface area contributed by atoms with Gasteiger partial charge in [-0.2, -0.15) is 0 Å². The maximum Gasteiger partial charge on any atom is 0.314 e. The minimum atomic E-state index is 0.00480. The lowest BCUT2D eigenvalue weighted by Gasteiger charge is -2.07. The van der Waals surface area contributed by atoms with Crippen LogP contribution in [0.3, 0.4) is 0 Å². The Morgan fingerprint density at radius 3 is 1.05 bits per heavy atom. The average Bonchev–Trinajstić information content (AvgIpc) is 2.96. The average molecular weight is 557 g/mol. The highest BCUT2D eigenvalue weighted by molar-refractivity contribution is 5.73. The molecule has 0 fully saturated rings. The minimum absolute atomic E-state index is 0.00480. The Balaban J connectivity index is 3.28. The highest BCUT2D eigenvalue weighted by atomic mass is 16.2. The molecule has 0 aromatic heterocycles. The molecule has 0 unspecified atom stereocenters. The molecule has 0 bridgehead atoms. The van der Waals surface area contributed by atoms with Gasteiger partial charge in [-0.05, 0) is 77.0 Å². The van der Waals surface area contributed by atoms with Crippen LogP contribution >= 0.6 is 0 Å². The number of amides is 2. The summed E-state index contributed by atoms with van der Waals surface area (Å²) in [7, 11) is 0. The molecule has 0 saturated carbocycles. The SMILES string of the molecule is CCCCC/C=C\C/C=C\CCCCCCCCNC(=O)NCCCCCCCC/C=C\C/C=C\CCCCC. The van der Waals surface area contributed by atoms with Crippen LogP contribution in [-0.2, 0) is 0 Å². The molecule has 2 N–H and O–H groups in total. The van der Waals surface area contributed by atoms with E-state index < -0.39 is 0 Å². The second-order valence-corrected chi connectivity index (χ2v) is 11.4. The Bertz CT molecular complexity index is 568. The summed E-state index contributed by atoms with van der Waals surface area (Å²) in [5.74, 6) is 0. The fraction of sp³-hybridized carbons (Fsp3) is 0.757. The van der Waals surface area contributed by atoms with Crippen molar-refractivity contribution in [3.8, 4) is 0 Å². The van der Waals surface area contributed by atoms with Crippen LogP contribution in [-0.4, -0.2) is 19.1 Å². The van der Waals surface area contributed by atoms with Gasteiger partial charge in [-0.25, -0.2) is 4.79 Å². The number of allylic oxidation sites excluding steroid dienone is 8. The van der Waals surface area contributed by atoms with Crippen LogP contribution in [0.1, 0.15) is 168 Å². The number of unbranched alkanes of at least 4 members (excludes halogenated alkanes) is 18. The number of rotatable bonds is 30. The van der Waals surface area contributed by atoms with Gasteiger partial charge in [0, 0.05) is 13.1 Å². The maximum absolute atomic E-state index is 11.9. The Hall–Kier alpha value is -1.77. The third-order valence-electron chi connectivity index (χ3n) is 7.33. The molecule has 0 aliphatic rings. The summed E-state index contributed by atoms with van der Waals surface area (Å²) in [5, 5.41) is 6.02. The van der Waals surface area contributed by atoms with E-state index in [9.17, 15) is 4.79 Å². The molecule has 0 aliphatic heterocycles. The first kappa shape index (κ1) is 38.2. The number of hydrogen-bond acceptors (Lipinski definition) is 1. The van der Waals surface area contributed by atoms with Gasteiger partial charge in [-0.15, -0.1) is 0 Å². The van der Waals surface area contributed by atoms with Gasteiger partial charge in [0.05, 0.1) is 0 Å². The summed E-state index contributed by atoms with van der Waals surface area (Å²) in [6, 6.07) is 0.00480. The van der Waals surface area contributed by atoms with Crippen LogP contribution in [0.15, 0.2) is 48.6 Å². The van der Waals surface area contributed by atoms with Crippen molar-refractivity contribution in [1.29, 1.82) is 0 Å². The molecule has 0 saturated heterocycles. The summed E-state index contributed by atoms with van der Waals surface area (Å²) in [5.41, 5.74) is 0. The Morgan fingerprint density at radius 2 is 0.700 bits per heavy atom. The van der Waals surface area contributed by atoms with E-state index in [1.807, 2.05) is 0 Å². The minimum Gasteiger partial charge on any atom is -0.338 e. The summed E-state index contributed by atoms with van der Waals surface area (Å²) in [6.07, 6.45) is 48.6. The molecule has 0 aromatic rings. The molecule has 232 valence electrons. The predicted octanol–water partition coefficient (Wildman–Crippen LogP) is 11.9. The molecule has 0 aliphatic carbocycles. The third kappa shape index (κ3) is 34.3. The molecule has 3 nitrogen and oxygen atoms in total. The summed E-state index contributed by atoms with van der Waals surface area (Å²) < 4.78 is 0. The van der Waals surface area contributed by atoms with Crippen molar-refractivity contribution >= 4 is 6.03 Å². The van der Waals surface area contributed by atoms with Gasteiger partial charge in [-0.3, -0.25) is 0 Å². The second kappa shape index (κ2) is 35.3. The number of hydrogen-bond donors (Lipinski definition) is 2. The summed E-state index contributed by atoms with van der Waals surface area (Å²) >= 11 is 0. The van der Waals surface area contributed by atoms with Gasteiger partial charge in [0.15, 0.2) is 0 Å². The smallest absolute Gasteiger partial charge is 0.314 e. The molecule has 3 heteroatoms. The van der Waals surface area contributed by atoms with E-state index in [0.717, 1.165) is 38.8 Å². The molecule has 0 spiro atoms. The third-order valence-corrected chi connectivity index (χ3v) is 7.33. The van der Waals surface area contributed by atoms with Crippen molar-refractivity contribution in [3.05, 3.63) is 48.6 Å².